The Labute approximate surface area is 325 Å². The van der Waals surface area contributed by atoms with Crippen molar-refractivity contribution >= 4 is 35.6 Å². The first-order chi connectivity index (χ1) is 27.1. The van der Waals surface area contributed by atoms with Crippen LogP contribution in [0.15, 0.2) is 105 Å². The van der Waals surface area contributed by atoms with Crippen molar-refractivity contribution in [3.05, 3.63) is 127 Å². The summed E-state index contributed by atoms with van der Waals surface area (Å²) < 4.78 is 37.3. The van der Waals surface area contributed by atoms with Gasteiger partial charge in [-0.05, 0) is 105 Å². The summed E-state index contributed by atoms with van der Waals surface area (Å²) in [5.74, 6) is -2.21. The smallest absolute Gasteiger partial charge is 0.343 e. The number of unbranched alkanes of at least 4 members (excludes halogenated alkanes) is 3. The Bertz CT molecular complexity index is 1810. The van der Waals surface area contributed by atoms with Crippen LogP contribution < -0.4 is 14.2 Å². The van der Waals surface area contributed by atoms with Crippen LogP contribution in [0.2, 0.25) is 0 Å². The van der Waals surface area contributed by atoms with E-state index in [-0.39, 0.29) is 55.5 Å². The van der Waals surface area contributed by atoms with Gasteiger partial charge in [-0.3, -0.25) is 4.79 Å². The number of benzene rings is 3. The highest BCUT2D eigenvalue weighted by molar-refractivity contribution is 5.99. The van der Waals surface area contributed by atoms with Gasteiger partial charge in [-0.15, -0.1) is 0 Å². The lowest BCUT2D eigenvalue weighted by molar-refractivity contribution is -0.138. The Hall–Kier alpha value is -6.50. The third-order valence-electron chi connectivity index (χ3n) is 7.72. The molecule has 13 heteroatoms. The molecule has 0 aliphatic carbocycles. The molecule has 3 aromatic carbocycles. The zero-order valence-electron chi connectivity index (χ0n) is 31.2. The summed E-state index contributed by atoms with van der Waals surface area (Å²) in [7, 11) is 0. The molecule has 296 valence electrons. The molecule has 0 aliphatic rings. The molecule has 0 radical (unpaired) electrons. The molecule has 0 fully saturated rings. The largest absolute Gasteiger partial charge is 0.494 e. The molecule has 0 saturated heterocycles. The maximum Gasteiger partial charge on any atom is 0.343 e. The third-order valence-corrected chi connectivity index (χ3v) is 7.72. The van der Waals surface area contributed by atoms with Crippen molar-refractivity contribution in [2.24, 2.45) is 0 Å². The van der Waals surface area contributed by atoms with E-state index in [9.17, 15) is 28.8 Å². The van der Waals surface area contributed by atoms with Gasteiger partial charge in [-0.2, -0.15) is 0 Å². The van der Waals surface area contributed by atoms with Crippen molar-refractivity contribution in [2.75, 3.05) is 39.6 Å². The molecule has 0 amide bonds. The van der Waals surface area contributed by atoms with Gasteiger partial charge in [-0.1, -0.05) is 25.8 Å². The molecule has 0 spiro atoms. The molecule has 0 heterocycles. The number of ether oxygens (including phenoxy) is 7. The third kappa shape index (κ3) is 16.3. The van der Waals surface area contributed by atoms with Crippen LogP contribution >= 0.6 is 0 Å². The van der Waals surface area contributed by atoms with Crippen LogP contribution in [-0.2, 0) is 39.8 Å². The number of carbonyl (C=O) groups excluding carboxylic acids is 6. The van der Waals surface area contributed by atoms with E-state index in [2.05, 4.69) is 19.7 Å². The topological polar surface area (TPSA) is 167 Å². The fourth-order valence-electron chi connectivity index (χ4n) is 4.74. The maximum absolute atomic E-state index is 13.3. The molecule has 56 heavy (non-hydrogen) atoms. The molecule has 0 unspecified atom stereocenters. The first-order valence-electron chi connectivity index (χ1n) is 18.0. The minimum Gasteiger partial charge on any atom is -0.494 e. The lowest BCUT2D eigenvalue weighted by atomic mass is 10.0. The molecule has 0 aromatic heterocycles. The van der Waals surface area contributed by atoms with E-state index in [1.807, 2.05) is 0 Å². The predicted octanol–water partition coefficient (Wildman–Crippen LogP) is 6.77. The number of hydrogen-bond donors (Lipinski definition) is 0. The lowest BCUT2D eigenvalue weighted by Crippen LogP contribution is -2.15. The minimum atomic E-state index is -0.770. The highest BCUT2D eigenvalue weighted by Crippen LogP contribution is 2.25. The van der Waals surface area contributed by atoms with Gasteiger partial charge < -0.3 is 33.2 Å². The van der Waals surface area contributed by atoms with Gasteiger partial charge in [0.1, 0.15) is 22.8 Å². The maximum atomic E-state index is 13.3. The minimum absolute atomic E-state index is 0.000362. The number of rotatable bonds is 26. The zero-order valence-corrected chi connectivity index (χ0v) is 31.2. The second-order valence-corrected chi connectivity index (χ2v) is 11.9. The second-order valence-electron chi connectivity index (χ2n) is 11.9. The standard InChI is InChI=1S/C43H46O13/c1-4-39(45)52-25-9-7-23-50-34-18-14-32(15-19-34)37(44)30-31-13-22-38(36(29-31)43(49)55-28-12-11-27-54-41(47)6-3)56-42(48)33-16-20-35(21-17-33)51-24-8-10-26-53-40(46)5-2/h4-6,13-22,29H,1-3,7-12,23-28,30H2. The number of ketones is 1. The molecule has 0 N–H and O–H groups in total. The number of Topliss-reactive ketones (excluding diaryl/α,β-unsaturated/α-hetero) is 1. The van der Waals surface area contributed by atoms with Gasteiger partial charge in [0.15, 0.2) is 5.78 Å². The summed E-state index contributed by atoms with van der Waals surface area (Å²) in [6.45, 7) is 11.5. The van der Waals surface area contributed by atoms with Gasteiger partial charge in [0, 0.05) is 30.2 Å². The second kappa shape index (κ2) is 24.7. The fraction of sp³-hybridized carbons (Fsp3) is 0.302. The van der Waals surface area contributed by atoms with Gasteiger partial charge in [0.25, 0.3) is 0 Å². The van der Waals surface area contributed by atoms with Gasteiger partial charge in [0.05, 0.1) is 45.2 Å². The molecule has 3 aromatic rings. The van der Waals surface area contributed by atoms with E-state index in [0.29, 0.717) is 74.4 Å². The lowest BCUT2D eigenvalue weighted by Gasteiger charge is -2.13. The first-order valence-corrected chi connectivity index (χ1v) is 18.0. The first kappa shape index (κ1) is 43.9. The van der Waals surface area contributed by atoms with Crippen LogP contribution in [0.5, 0.6) is 17.2 Å². The van der Waals surface area contributed by atoms with E-state index in [1.54, 1.807) is 42.5 Å². The van der Waals surface area contributed by atoms with Crippen LogP contribution in [0.1, 0.15) is 75.2 Å². The van der Waals surface area contributed by atoms with E-state index < -0.39 is 29.8 Å². The predicted molar refractivity (Wildman–Crippen MR) is 205 cm³/mol. The fourth-order valence-corrected chi connectivity index (χ4v) is 4.74. The van der Waals surface area contributed by atoms with Crippen molar-refractivity contribution in [1.82, 2.24) is 0 Å². The molecule has 13 nitrogen and oxygen atoms in total. The summed E-state index contributed by atoms with van der Waals surface area (Å²) in [4.78, 5) is 73.1. The molecular weight excluding hydrogens is 724 g/mol. The van der Waals surface area contributed by atoms with Crippen LogP contribution in [-0.4, -0.2) is 75.3 Å². The molecule has 0 aliphatic heterocycles. The quantitative estimate of drug-likeness (QED) is 0.0210. The summed E-state index contributed by atoms with van der Waals surface area (Å²) in [5, 5.41) is 0. The Balaban J connectivity index is 1.62. The van der Waals surface area contributed by atoms with E-state index >= 15 is 0 Å². The highest BCUT2D eigenvalue weighted by atomic mass is 16.6. The van der Waals surface area contributed by atoms with Crippen LogP contribution in [0, 0.1) is 0 Å². The molecule has 0 saturated carbocycles. The Morgan fingerprint density at radius 1 is 0.482 bits per heavy atom. The normalized spacial score (nSPS) is 10.3. The number of carbonyl (C=O) groups is 6. The van der Waals surface area contributed by atoms with Crippen LogP contribution in [0.25, 0.3) is 0 Å². The Morgan fingerprint density at radius 2 is 0.911 bits per heavy atom. The van der Waals surface area contributed by atoms with Crippen molar-refractivity contribution in [3.8, 4) is 17.2 Å². The van der Waals surface area contributed by atoms with Crippen molar-refractivity contribution in [2.45, 2.75) is 44.9 Å². The van der Waals surface area contributed by atoms with E-state index in [1.165, 1.54) is 24.3 Å². The molecule has 0 bridgehead atoms. The number of esters is 5. The van der Waals surface area contributed by atoms with Crippen molar-refractivity contribution in [3.63, 3.8) is 0 Å². The average molecular weight is 771 g/mol. The Morgan fingerprint density at radius 3 is 1.38 bits per heavy atom. The number of hydrogen-bond acceptors (Lipinski definition) is 13. The summed E-state index contributed by atoms with van der Waals surface area (Å²) >= 11 is 0. The van der Waals surface area contributed by atoms with Gasteiger partial charge in [0.2, 0.25) is 0 Å². The van der Waals surface area contributed by atoms with Crippen LogP contribution in [0.3, 0.4) is 0 Å². The summed E-state index contributed by atoms with van der Waals surface area (Å²) in [6.07, 6.45) is 6.57. The Kier molecular flexibility index (Phi) is 19.4. The van der Waals surface area contributed by atoms with E-state index in [4.69, 9.17) is 33.2 Å². The van der Waals surface area contributed by atoms with Crippen molar-refractivity contribution in [1.29, 1.82) is 0 Å². The highest BCUT2D eigenvalue weighted by Gasteiger charge is 2.20. The monoisotopic (exact) mass is 770 g/mol. The van der Waals surface area contributed by atoms with Crippen molar-refractivity contribution < 1.29 is 61.9 Å². The SMILES string of the molecule is C=CC(=O)OCCCCOC(=O)c1cc(CC(=O)c2ccc(OCCCCOC(=O)C=C)cc2)ccc1OC(=O)c1ccc(OCCCCOC(=O)C=C)cc1. The van der Waals surface area contributed by atoms with Gasteiger partial charge in [-0.25, -0.2) is 24.0 Å². The molecular formula is C43H46O13. The molecule has 0 atom stereocenters. The van der Waals surface area contributed by atoms with Gasteiger partial charge >= 0.3 is 29.8 Å². The average Bonchev–Trinajstić information content (AvgIpc) is 3.22. The van der Waals surface area contributed by atoms with E-state index in [0.717, 1.165) is 18.2 Å². The zero-order chi connectivity index (χ0) is 40.5. The molecule has 3 rings (SSSR count). The summed E-state index contributed by atoms with van der Waals surface area (Å²) in [5.41, 5.74) is 1.05. The summed E-state index contributed by atoms with van der Waals surface area (Å²) in [6, 6.07) is 17.4. The van der Waals surface area contributed by atoms with Crippen LogP contribution in [0.4, 0.5) is 0 Å².